The molecule has 86 valence electrons. The number of aromatic nitrogens is 2. The van der Waals surface area contributed by atoms with Crippen molar-refractivity contribution in [3.63, 3.8) is 0 Å². The van der Waals surface area contributed by atoms with Gasteiger partial charge in [-0.3, -0.25) is 9.59 Å². The number of ketones is 1. The minimum atomic E-state index is -1.12. The zero-order valence-corrected chi connectivity index (χ0v) is 8.91. The van der Waals surface area contributed by atoms with Crippen LogP contribution in [0.5, 0.6) is 0 Å². The molecule has 0 atom stereocenters. The van der Waals surface area contributed by atoms with Gasteiger partial charge in [0.15, 0.2) is 5.78 Å². The lowest BCUT2D eigenvalue weighted by Crippen LogP contribution is -2.06. The molecule has 0 aliphatic heterocycles. The molecule has 0 unspecified atom stereocenters. The molecule has 1 N–H and O–H groups in total. The second kappa shape index (κ2) is 4.61. The Bertz CT molecular complexity index is 529. The molecule has 0 saturated heterocycles. The Kier molecular flexibility index (Phi) is 3.00. The van der Waals surface area contributed by atoms with E-state index in [-0.39, 0.29) is 0 Å². The normalized spacial score (nSPS) is 10.1. The molecular formula is C12H10N2O3. The SMILES string of the molecule is O=C(O)CC(=O)c1ccc(-n2ccnc2)cc1. The van der Waals surface area contributed by atoms with Crippen molar-refractivity contribution in [1.82, 2.24) is 9.55 Å². The predicted octanol–water partition coefficient (Wildman–Crippen LogP) is 1.53. The molecule has 0 saturated carbocycles. The lowest BCUT2D eigenvalue weighted by Gasteiger charge is -2.03. The number of nitrogens with zero attached hydrogens (tertiary/aromatic N) is 2. The average molecular weight is 230 g/mol. The molecule has 5 nitrogen and oxygen atoms in total. The van der Waals surface area contributed by atoms with E-state index in [1.165, 1.54) is 0 Å². The second-order valence-electron chi connectivity index (χ2n) is 3.51. The van der Waals surface area contributed by atoms with E-state index in [2.05, 4.69) is 4.98 Å². The summed E-state index contributed by atoms with van der Waals surface area (Å²) in [5.41, 5.74) is 1.27. The number of rotatable bonds is 4. The van der Waals surface area contributed by atoms with Gasteiger partial charge in [-0.1, -0.05) is 0 Å². The van der Waals surface area contributed by atoms with Gasteiger partial charge in [-0.25, -0.2) is 4.98 Å². The van der Waals surface area contributed by atoms with Crippen molar-refractivity contribution in [3.05, 3.63) is 48.5 Å². The Morgan fingerprint density at radius 2 is 1.94 bits per heavy atom. The molecule has 0 fully saturated rings. The molecule has 1 heterocycles. The summed E-state index contributed by atoms with van der Waals surface area (Å²) in [4.78, 5) is 25.8. The Morgan fingerprint density at radius 1 is 1.24 bits per heavy atom. The molecule has 0 amide bonds. The Balaban J connectivity index is 2.19. The zero-order chi connectivity index (χ0) is 12.3. The van der Waals surface area contributed by atoms with Crippen molar-refractivity contribution < 1.29 is 14.7 Å². The highest BCUT2D eigenvalue weighted by Gasteiger charge is 2.10. The van der Waals surface area contributed by atoms with Gasteiger partial charge in [-0.2, -0.15) is 0 Å². The molecule has 0 aliphatic rings. The predicted molar refractivity (Wildman–Crippen MR) is 60.1 cm³/mol. The van der Waals surface area contributed by atoms with E-state index in [0.717, 1.165) is 5.69 Å². The summed E-state index contributed by atoms with van der Waals surface area (Å²) in [5.74, 6) is -1.51. The summed E-state index contributed by atoms with van der Waals surface area (Å²) in [7, 11) is 0. The van der Waals surface area contributed by atoms with Gasteiger partial charge < -0.3 is 9.67 Å². The molecule has 0 radical (unpaired) electrons. The van der Waals surface area contributed by atoms with Crippen LogP contribution in [0.4, 0.5) is 0 Å². The minimum absolute atomic E-state index is 0.394. The molecule has 1 aromatic carbocycles. The lowest BCUT2D eigenvalue weighted by atomic mass is 10.1. The number of hydrogen-bond acceptors (Lipinski definition) is 3. The number of benzene rings is 1. The maximum atomic E-state index is 11.5. The highest BCUT2D eigenvalue weighted by atomic mass is 16.4. The smallest absolute Gasteiger partial charge is 0.311 e. The molecule has 2 aromatic rings. The summed E-state index contributed by atoms with van der Waals surface area (Å²) < 4.78 is 1.80. The first kappa shape index (κ1) is 11.1. The number of carbonyl (C=O) groups excluding carboxylic acids is 1. The Labute approximate surface area is 97.3 Å². The van der Waals surface area contributed by atoms with E-state index in [1.807, 2.05) is 0 Å². The quantitative estimate of drug-likeness (QED) is 0.638. The van der Waals surface area contributed by atoms with Crippen molar-refractivity contribution in [2.24, 2.45) is 0 Å². The van der Waals surface area contributed by atoms with Gasteiger partial charge in [0.05, 0.1) is 6.33 Å². The molecule has 0 bridgehead atoms. The van der Waals surface area contributed by atoms with Crippen LogP contribution in [0.3, 0.4) is 0 Å². The molecule has 1 aromatic heterocycles. The van der Waals surface area contributed by atoms with Crippen LogP contribution >= 0.6 is 0 Å². The van der Waals surface area contributed by atoms with Gasteiger partial charge in [0.25, 0.3) is 0 Å². The summed E-state index contributed by atoms with van der Waals surface area (Å²) >= 11 is 0. The monoisotopic (exact) mass is 230 g/mol. The molecule has 17 heavy (non-hydrogen) atoms. The lowest BCUT2D eigenvalue weighted by molar-refractivity contribution is -0.135. The number of hydrogen-bond donors (Lipinski definition) is 1. The fraction of sp³-hybridized carbons (Fsp3) is 0.0833. The van der Waals surface area contributed by atoms with E-state index in [9.17, 15) is 9.59 Å². The maximum Gasteiger partial charge on any atom is 0.311 e. The topological polar surface area (TPSA) is 72.2 Å². The van der Waals surface area contributed by atoms with E-state index in [4.69, 9.17) is 5.11 Å². The molecule has 5 heteroatoms. The zero-order valence-electron chi connectivity index (χ0n) is 8.91. The van der Waals surface area contributed by atoms with Gasteiger partial charge in [0.2, 0.25) is 0 Å². The van der Waals surface area contributed by atoms with Gasteiger partial charge in [0.1, 0.15) is 6.42 Å². The minimum Gasteiger partial charge on any atom is -0.481 e. The van der Waals surface area contributed by atoms with Crippen LogP contribution < -0.4 is 0 Å². The van der Waals surface area contributed by atoms with Gasteiger partial charge in [0, 0.05) is 23.6 Å². The largest absolute Gasteiger partial charge is 0.481 e. The molecule has 2 rings (SSSR count). The van der Waals surface area contributed by atoms with E-state index < -0.39 is 18.2 Å². The van der Waals surface area contributed by atoms with Crippen molar-refractivity contribution in [3.8, 4) is 5.69 Å². The van der Waals surface area contributed by atoms with Crippen LogP contribution in [-0.4, -0.2) is 26.4 Å². The summed E-state index contributed by atoms with van der Waals surface area (Å²) in [6, 6.07) is 6.72. The number of imidazole rings is 1. The number of carboxylic acid groups (broad SMARTS) is 1. The van der Waals surface area contributed by atoms with Crippen LogP contribution in [0.15, 0.2) is 43.0 Å². The van der Waals surface area contributed by atoms with E-state index in [0.29, 0.717) is 5.56 Å². The number of carboxylic acids is 1. The van der Waals surface area contributed by atoms with Crippen molar-refractivity contribution in [1.29, 1.82) is 0 Å². The third-order valence-electron chi connectivity index (χ3n) is 2.30. The van der Waals surface area contributed by atoms with Crippen LogP contribution in [0.2, 0.25) is 0 Å². The maximum absolute atomic E-state index is 11.5. The second-order valence-corrected chi connectivity index (χ2v) is 3.51. The van der Waals surface area contributed by atoms with Crippen LogP contribution in [0.25, 0.3) is 5.69 Å². The Morgan fingerprint density at radius 3 is 2.47 bits per heavy atom. The summed E-state index contributed by atoms with van der Waals surface area (Å²) in [6.45, 7) is 0. The first-order chi connectivity index (χ1) is 8.16. The first-order valence-electron chi connectivity index (χ1n) is 5.00. The average Bonchev–Trinajstić information content (AvgIpc) is 2.82. The molecule has 0 spiro atoms. The third kappa shape index (κ3) is 2.57. The fourth-order valence-corrected chi connectivity index (χ4v) is 1.47. The van der Waals surface area contributed by atoms with E-state index in [1.54, 1.807) is 47.6 Å². The fourth-order valence-electron chi connectivity index (χ4n) is 1.47. The number of Topliss-reactive ketones (excluding diaryl/α,β-unsaturated/α-hetero) is 1. The number of carbonyl (C=O) groups is 2. The van der Waals surface area contributed by atoms with Crippen molar-refractivity contribution >= 4 is 11.8 Å². The Hall–Kier alpha value is -2.43. The van der Waals surface area contributed by atoms with E-state index >= 15 is 0 Å². The van der Waals surface area contributed by atoms with Gasteiger partial charge >= 0.3 is 5.97 Å². The van der Waals surface area contributed by atoms with Gasteiger partial charge in [-0.05, 0) is 24.3 Å². The van der Waals surface area contributed by atoms with Crippen molar-refractivity contribution in [2.45, 2.75) is 6.42 Å². The molecular weight excluding hydrogens is 220 g/mol. The summed E-state index contributed by atoms with van der Waals surface area (Å²) in [6.07, 6.45) is 4.61. The van der Waals surface area contributed by atoms with Crippen LogP contribution in [0, 0.1) is 0 Å². The van der Waals surface area contributed by atoms with Crippen LogP contribution in [-0.2, 0) is 4.79 Å². The standard InChI is InChI=1S/C12H10N2O3/c15-11(7-12(16)17)9-1-3-10(4-2-9)14-6-5-13-8-14/h1-6,8H,7H2,(H,16,17). The van der Waals surface area contributed by atoms with Gasteiger partial charge in [-0.15, -0.1) is 0 Å². The highest BCUT2D eigenvalue weighted by Crippen LogP contribution is 2.10. The number of aliphatic carboxylic acids is 1. The molecule has 0 aliphatic carbocycles. The van der Waals surface area contributed by atoms with Crippen molar-refractivity contribution in [2.75, 3.05) is 0 Å². The third-order valence-corrected chi connectivity index (χ3v) is 2.30. The summed E-state index contributed by atoms with van der Waals surface area (Å²) in [5, 5.41) is 8.52. The first-order valence-corrected chi connectivity index (χ1v) is 5.00. The highest BCUT2D eigenvalue weighted by molar-refractivity contribution is 6.05. The van der Waals surface area contributed by atoms with Crippen LogP contribution in [0.1, 0.15) is 16.8 Å².